The van der Waals surface area contributed by atoms with E-state index >= 15 is 0 Å². The monoisotopic (exact) mass is 252 g/mol. The summed E-state index contributed by atoms with van der Waals surface area (Å²) in [6.45, 7) is 2.45. The van der Waals surface area contributed by atoms with Gasteiger partial charge in [-0.1, -0.05) is 19.8 Å². The van der Waals surface area contributed by atoms with Crippen LogP contribution in [-0.4, -0.2) is 18.4 Å². The van der Waals surface area contributed by atoms with Gasteiger partial charge in [-0.3, -0.25) is 9.59 Å². The van der Waals surface area contributed by atoms with Gasteiger partial charge in [-0.15, -0.1) is 0 Å². The van der Waals surface area contributed by atoms with Crippen molar-refractivity contribution in [1.29, 1.82) is 0 Å². The van der Waals surface area contributed by atoms with Crippen molar-refractivity contribution in [2.24, 2.45) is 0 Å². The van der Waals surface area contributed by atoms with Crippen molar-refractivity contribution in [2.45, 2.75) is 39.2 Å². The first-order valence-electron chi connectivity index (χ1n) is 6.28. The van der Waals surface area contributed by atoms with E-state index in [9.17, 15) is 9.59 Å². The fourth-order valence-corrected chi connectivity index (χ4v) is 1.46. The molecule has 5 nitrogen and oxygen atoms in total. The number of furan rings is 1. The number of amides is 2. The van der Waals surface area contributed by atoms with E-state index in [1.807, 2.05) is 0 Å². The van der Waals surface area contributed by atoms with Gasteiger partial charge in [0.25, 0.3) is 0 Å². The van der Waals surface area contributed by atoms with E-state index in [4.69, 9.17) is 4.42 Å². The molecule has 0 aliphatic heterocycles. The van der Waals surface area contributed by atoms with E-state index in [1.54, 1.807) is 18.4 Å². The van der Waals surface area contributed by atoms with Crippen LogP contribution in [0.3, 0.4) is 0 Å². The highest BCUT2D eigenvalue weighted by Gasteiger charge is 2.05. The van der Waals surface area contributed by atoms with Crippen LogP contribution >= 0.6 is 0 Å². The maximum Gasteiger partial charge on any atom is 0.239 e. The average molecular weight is 252 g/mol. The molecule has 1 heterocycles. The van der Waals surface area contributed by atoms with Crippen molar-refractivity contribution in [3.8, 4) is 0 Å². The van der Waals surface area contributed by atoms with Crippen LogP contribution in [0.5, 0.6) is 0 Å². The van der Waals surface area contributed by atoms with Crippen molar-refractivity contribution >= 4 is 11.8 Å². The molecular formula is C13H20N2O3. The standard InChI is InChI=1S/C13H20N2O3/c1-2-3-4-7-12(16)15-10-13(17)14-9-11-6-5-8-18-11/h5-6,8H,2-4,7,9-10H2,1H3,(H,14,17)(H,15,16). The minimum Gasteiger partial charge on any atom is -0.467 e. The van der Waals surface area contributed by atoms with Crippen LogP contribution in [0.1, 0.15) is 38.4 Å². The second-order valence-electron chi connectivity index (χ2n) is 4.09. The molecular weight excluding hydrogens is 232 g/mol. The van der Waals surface area contributed by atoms with Crippen LogP contribution in [0.2, 0.25) is 0 Å². The summed E-state index contributed by atoms with van der Waals surface area (Å²) in [4.78, 5) is 22.8. The molecule has 2 N–H and O–H groups in total. The van der Waals surface area contributed by atoms with Gasteiger partial charge in [0.2, 0.25) is 11.8 Å². The van der Waals surface area contributed by atoms with Gasteiger partial charge in [0.05, 0.1) is 19.4 Å². The van der Waals surface area contributed by atoms with Crippen LogP contribution in [0.25, 0.3) is 0 Å². The van der Waals surface area contributed by atoms with Crippen molar-refractivity contribution < 1.29 is 14.0 Å². The number of nitrogens with one attached hydrogen (secondary N) is 2. The minimum atomic E-state index is -0.213. The summed E-state index contributed by atoms with van der Waals surface area (Å²) in [7, 11) is 0. The quantitative estimate of drug-likeness (QED) is 0.690. The van der Waals surface area contributed by atoms with Crippen molar-refractivity contribution in [1.82, 2.24) is 10.6 Å². The molecule has 1 aromatic rings. The topological polar surface area (TPSA) is 71.3 Å². The van der Waals surface area contributed by atoms with Gasteiger partial charge in [0.1, 0.15) is 5.76 Å². The predicted molar refractivity (Wildman–Crippen MR) is 67.7 cm³/mol. The summed E-state index contributed by atoms with van der Waals surface area (Å²) in [5.74, 6) is 0.407. The molecule has 0 aliphatic carbocycles. The number of unbranched alkanes of at least 4 members (excludes halogenated alkanes) is 2. The van der Waals surface area contributed by atoms with Crippen molar-refractivity contribution in [3.63, 3.8) is 0 Å². The third-order valence-corrected chi connectivity index (χ3v) is 2.49. The lowest BCUT2D eigenvalue weighted by molar-refractivity contribution is -0.126. The van der Waals surface area contributed by atoms with Crippen molar-refractivity contribution in [3.05, 3.63) is 24.2 Å². The van der Waals surface area contributed by atoms with E-state index < -0.39 is 0 Å². The number of rotatable bonds is 8. The molecule has 0 saturated heterocycles. The number of carbonyl (C=O) groups excluding carboxylic acids is 2. The Morgan fingerprint density at radius 2 is 2.06 bits per heavy atom. The smallest absolute Gasteiger partial charge is 0.239 e. The average Bonchev–Trinajstić information content (AvgIpc) is 2.87. The minimum absolute atomic E-state index is 0.0195. The molecule has 0 bridgehead atoms. The molecule has 1 rings (SSSR count). The van der Waals surface area contributed by atoms with Crippen molar-refractivity contribution in [2.75, 3.05) is 6.54 Å². The Balaban J connectivity index is 2.07. The third-order valence-electron chi connectivity index (χ3n) is 2.49. The van der Waals surface area contributed by atoms with Crippen LogP contribution < -0.4 is 10.6 Å². The van der Waals surface area contributed by atoms with Crippen LogP contribution in [0, 0.1) is 0 Å². The van der Waals surface area contributed by atoms with E-state index in [0.717, 1.165) is 19.3 Å². The zero-order valence-electron chi connectivity index (χ0n) is 10.7. The molecule has 0 saturated carbocycles. The molecule has 18 heavy (non-hydrogen) atoms. The Kier molecular flexibility index (Phi) is 6.61. The first-order valence-corrected chi connectivity index (χ1v) is 6.28. The van der Waals surface area contributed by atoms with Gasteiger partial charge in [0, 0.05) is 6.42 Å². The SMILES string of the molecule is CCCCCC(=O)NCC(=O)NCc1ccco1. The first kappa shape index (κ1) is 14.3. The first-order chi connectivity index (χ1) is 8.72. The third kappa shape index (κ3) is 6.08. The number of hydrogen-bond donors (Lipinski definition) is 2. The van der Waals surface area contributed by atoms with Gasteiger partial charge in [-0.05, 0) is 18.6 Å². The van der Waals surface area contributed by atoms with Gasteiger partial charge < -0.3 is 15.1 Å². The second-order valence-corrected chi connectivity index (χ2v) is 4.09. The normalized spacial score (nSPS) is 10.1. The molecule has 0 fully saturated rings. The van der Waals surface area contributed by atoms with E-state index in [0.29, 0.717) is 18.7 Å². The summed E-state index contributed by atoms with van der Waals surface area (Å²) >= 11 is 0. The molecule has 1 aromatic heterocycles. The lowest BCUT2D eigenvalue weighted by Crippen LogP contribution is -2.36. The largest absolute Gasteiger partial charge is 0.467 e. The Morgan fingerprint density at radius 3 is 2.72 bits per heavy atom. The fourth-order valence-electron chi connectivity index (χ4n) is 1.46. The zero-order valence-corrected chi connectivity index (χ0v) is 10.7. The molecule has 0 aromatic carbocycles. The molecule has 0 aliphatic rings. The Labute approximate surface area is 107 Å². The van der Waals surface area contributed by atoms with Gasteiger partial charge in [-0.2, -0.15) is 0 Å². The van der Waals surface area contributed by atoms with Crippen LogP contribution in [-0.2, 0) is 16.1 Å². The maximum absolute atomic E-state index is 11.4. The molecule has 100 valence electrons. The van der Waals surface area contributed by atoms with E-state index in [2.05, 4.69) is 17.6 Å². The lowest BCUT2D eigenvalue weighted by atomic mass is 10.2. The summed E-state index contributed by atoms with van der Waals surface area (Å²) in [6.07, 6.45) is 5.03. The zero-order chi connectivity index (χ0) is 13.2. The Bertz CT molecular complexity index is 360. The van der Waals surface area contributed by atoms with Crippen LogP contribution in [0.4, 0.5) is 0 Å². The number of hydrogen-bond acceptors (Lipinski definition) is 3. The highest BCUT2D eigenvalue weighted by Crippen LogP contribution is 1.99. The molecule has 5 heteroatoms. The molecule has 2 amide bonds. The highest BCUT2D eigenvalue weighted by molar-refractivity contribution is 5.84. The van der Waals surface area contributed by atoms with E-state index in [1.165, 1.54) is 0 Å². The lowest BCUT2D eigenvalue weighted by Gasteiger charge is -2.05. The fraction of sp³-hybridized carbons (Fsp3) is 0.538. The van der Waals surface area contributed by atoms with E-state index in [-0.39, 0.29) is 18.4 Å². The molecule has 0 spiro atoms. The summed E-state index contributed by atoms with van der Waals surface area (Å²) < 4.78 is 5.07. The molecule has 0 unspecified atom stereocenters. The Hall–Kier alpha value is -1.78. The summed E-state index contributed by atoms with van der Waals surface area (Å²) in [5.41, 5.74) is 0. The second kappa shape index (κ2) is 8.33. The molecule has 0 radical (unpaired) electrons. The predicted octanol–water partition coefficient (Wildman–Crippen LogP) is 1.59. The molecule has 0 atom stereocenters. The maximum atomic E-state index is 11.4. The van der Waals surface area contributed by atoms with Gasteiger partial charge >= 0.3 is 0 Å². The summed E-state index contributed by atoms with van der Waals surface area (Å²) in [6, 6.07) is 3.54. The number of carbonyl (C=O) groups is 2. The summed E-state index contributed by atoms with van der Waals surface area (Å²) in [5, 5.41) is 5.25. The van der Waals surface area contributed by atoms with Crippen LogP contribution in [0.15, 0.2) is 22.8 Å². The Morgan fingerprint density at radius 1 is 1.22 bits per heavy atom. The van der Waals surface area contributed by atoms with Gasteiger partial charge in [0.15, 0.2) is 0 Å². The highest BCUT2D eigenvalue weighted by atomic mass is 16.3. The van der Waals surface area contributed by atoms with Gasteiger partial charge in [-0.25, -0.2) is 0 Å².